The molecule has 7 heteroatoms. The van der Waals surface area contributed by atoms with Crippen molar-refractivity contribution in [3.8, 4) is 11.3 Å². The highest BCUT2D eigenvalue weighted by Gasteiger charge is 2.44. The van der Waals surface area contributed by atoms with Gasteiger partial charge in [-0.2, -0.15) is 0 Å². The first-order valence-corrected chi connectivity index (χ1v) is 9.84. The third kappa shape index (κ3) is 3.83. The lowest BCUT2D eigenvalue weighted by molar-refractivity contribution is -0.121. The molecule has 154 valence electrons. The molecule has 2 atom stereocenters. The van der Waals surface area contributed by atoms with Gasteiger partial charge in [0.05, 0.1) is 0 Å². The summed E-state index contributed by atoms with van der Waals surface area (Å²) in [5.41, 5.74) is 1.52. The van der Waals surface area contributed by atoms with Crippen LogP contribution in [-0.2, 0) is 4.79 Å². The number of halogens is 1. The second kappa shape index (κ2) is 8.10. The van der Waals surface area contributed by atoms with Gasteiger partial charge in [0.25, 0.3) is 5.91 Å². The zero-order chi connectivity index (χ0) is 21.3. The molecule has 0 spiro atoms. The fourth-order valence-corrected chi connectivity index (χ4v) is 3.67. The van der Waals surface area contributed by atoms with E-state index in [4.69, 9.17) is 4.52 Å². The Hall–Kier alpha value is -3.48. The lowest BCUT2D eigenvalue weighted by Gasteiger charge is -2.28. The van der Waals surface area contributed by atoms with Gasteiger partial charge >= 0.3 is 0 Å². The number of carbonyl (C=O) groups excluding carboxylic acids is 2. The second-order valence-corrected chi connectivity index (χ2v) is 7.76. The van der Waals surface area contributed by atoms with Crippen molar-refractivity contribution in [1.29, 1.82) is 0 Å². The van der Waals surface area contributed by atoms with E-state index < -0.39 is 18.1 Å². The van der Waals surface area contributed by atoms with E-state index in [0.29, 0.717) is 17.7 Å². The summed E-state index contributed by atoms with van der Waals surface area (Å²) >= 11 is 0. The van der Waals surface area contributed by atoms with E-state index in [9.17, 15) is 14.0 Å². The van der Waals surface area contributed by atoms with Crippen molar-refractivity contribution in [3.63, 3.8) is 0 Å². The molecule has 1 fully saturated rings. The van der Waals surface area contributed by atoms with Gasteiger partial charge in [0, 0.05) is 11.6 Å². The van der Waals surface area contributed by atoms with Gasteiger partial charge in [-0.25, -0.2) is 4.39 Å². The number of benzene rings is 2. The Kier molecular flexibility index (Phi) is 5.35. The van der Waals surface area contributed by atoms with E-state index in [1.807, 2.05) is 44.2 Å². The molecule has 30 heavy (non-hydrogen) atoms. The molecule has 1 aliphatic heterocycles. The minimum atomic E-state index is -0.603. The first kappa shape index (κ1) is 19.8. The third-order valence-electron chi connectivity index (χ3n) is 5.10. The Bertz CT molecular complexity index is 1050. The molecule has 0 unspecified atom stereocenters. The van der Waals surface area contributed by atoms with Gasteiger partial charge in [-0.3, -0.25) is 9.59 Å². The molecule has 2 amide bonds. The van der Waals surface area contributed by atoms with Gasteiger partial charge in [0.1, 0.15) is 18.0 Å². The van der Waals surface area contributed by atoms with Crippen molar-refractivity contribution in [2.24, 2.45) is 5.92 Å². The summed E-state index contributed by atoms with van der Waals surface area (Å²) in [6, 6.07) is 16.0. The minimum Gasteiger partial charge on any atom is -0.355 e. The Morgan fingerprint density at radius 3 is 2.53 bits per heavy atom. The van der Waals surface area contributed by atoms with Crippen molar-refractivity contribution < 1.29 is 18.5 Å². The molecule has 1 aliphatic rings. The van der Waals surface area contributed by atoms with E-state index in [1.54, 1.807) is 17.0 Å². The first-order chi connectivity index (χ1) is 14.4. The normalized spacial score (nSPS) is 18.7. The number of hydrogen-bond acceptors (Lipinski definition) is 4. The number of rotatable bonds is 5. The molecule has 0 aliphatic carbocycles. The predicted molar refractivity (Wildman–Crippen MR) is 109 cm³/mol. The van der Waals surface area contributed by atoms with Crippen molar-refractivity contribution in [2.45, 2.75) is 32.5 Å². The van der Waals surface area contributed by atoms with Crippen molar-refractivity contribution in [3.05, 3.63) is 77.7 Å². The highest BCUT2D eigenvalue weighted by atomic mass is 19.1. The standard InChI is InChI=1S/C23H22FN3O3/c1-14(2)12-19-22(28)25-21(16-6-4-3-5-7-16)27(19)23(29)18-13-20(30-26-18)15-8-10-17(24)11-9-15/h3-11,13-14,19,21H,12H2,1-2H3,(H,25,28)/t19-,21+/m0/s1. The number of aromatic nitrogens is 1. The molecular formula is C23H22FN3O3. The van der Waals surface area contributed by atoms with Crippen molar-refractivity contribution in [1.82, 2.24) is 15.4 Å². The minimum absolute atomic E-state index is 0.0977. The molecule has 1 saturated heterocycles. The summed E-state index contributed by atoms with van der Waals surface area (Å²) < 4.78 is 18.5. The highest BCUT2D eigenvalue weighted by molar-refractivity contribution is 5.99. The van der Waals surface area contributed by atoms with Crippen LogP contribution in [0, 0.1) is 11.7 Å². The van der Waals surface area contributed by atoms with Gasteiger partial charge in [-0.05, 0) is 42.2 Å². The third-order valence-corrected chi connectivity index (χ3v) is 5.10. The van der Waals surface area contributed by atoms with Crippen LogP contribution in [0.3, 0.4) is 0 Å². The second-order valence-electron chi connectivity index (χ2n) is 7.76. The van der Waals surface area contributed by atoms with Crippen LogP contribution in [0.5, 0.6) is 0 Å². The maximum absolute atomic E-state index is 13.4. The molecule has 6 nitrogen and oxygen atoms in total. The van der Waals surface area contributed by atoms with Crippen LogP contribution in [0.1, 0.15) is 42.5 Å². The van der Waals surface area contributed by atoms with Gasteiger partial charge in [-0.15, -0.1) is 0 Å². The maximum Gasteiger partial charge on any atom is 0.278 e. The van der Waals surface area contributed by atoms with Crippen LogP contribution in [0.25, 0.3) is 11.3 Å². The summed E-state index contributed by atoms with van der Waals surface area (Å²) in [5, 5.41) is 6.86. The number of nitrogens with zero attached hydrogens (tertiary/aromatic N) is 2. The van der Waals surface area contributed by atoms with Crippen LogP contribution in [0.4, 0.5) is 4.39 Å². The Balaban J connectivity index is 1.68. The van der Waals surface area contributed by atoms with E-state index in [-0.39, 0.29) is 23.3 Å². The molecule has 2 heterocycles. The van der Waals surface area contributed by atoms with Gasteiger partial charge < -0.3 is 14.7 Å². The topological polar surface area (TPSA) is 75.4 Å². The highest BCUT2D eigenvalue weighted by Crippen LogP contribution is 2.32. The van der Waals surface area contributed by atoms with Gasteiger partial charge in [-0.1, -0.05) is 49.3 Å². The molecule has 1 N–H and O–H groups in total. The average Bonchev–Trinajstić information content (AvgIpc) is 3.34. The summed E-state index contributed by atoms with van der Waals surface area (Å²) in [5.74, 6) is -0.372. The quantitative estimate of drug-likeness (QED) is 0.689. The molecule has 4 rings (SSSR count). The van der Waals surface area contributed by atoms with E-state index in [0.717, 1.165) is 5.56 Å². The molecule has 0 bridgehead atoms. The molecular weight excluding hydrogens is 385 g/mol. The Labute approximate surface area is 173 Å². The van der Waals surface area contributed by atoms with E-state index in [2.05, 4.69) is 10.5 Å². The molecule has 0 saturated carbocycles. The molecule has 0 radical (unpaired) electrons. The molecule has 2 aromatic carbocycles. The number of amides is 2. The van der Waals surface area contributed by atoms with Crippen molar-refractivity contribution >= 4 is 11.8 Å². The predicted octanol–water partition coefficient (Wildman–Crippen LogP) is 4.17. The van der Waals surface area contributed by atoms with E-state index in [1.165, 1.54) is 18.2 Å². The summed E-state index contributed by atoms with van der Waals surface area (Å²) in [4.78, 5) is 27.7. The number of carbonyl (C=O) groups is 2. The number of nitrogens with one attached hydrogen (secondary N) is 1. The van der Waals surface area contributed by atoms with Crippen molar-refractivity contribution in [2.75, 3.05) is 0 Å². The average molecular weight is 407 g/mol. The Morgan fingerprint density at radius 2 is 1.87 bits per heavy atom. The lowest BCUT2D eigenvalue weighted by atomic mass is 10.0. The van der Waals surface area contributed by atoms with Crippen LogP contribution >= 0.6 is 0 Å². The van der Waals surface area contributed by atoms with E-state index >= 15 is 0 Å². The molecule has 1 aromatic heterocycles. The fourth-order valence-electron chi connectivity index (χ4n) is 3.67. The fraction of sp³-hybridized carbons (Fsp3) is 0.261. The van der Waals surface area contributed by atoms with Crippen LogP contribution < -0.4 is 5.32 Å². The largest absolute Gasteiger partial charge is 0.355 e. The Morgan fingerprint density at radius 1 is 1.17 bits per heavy atom. The zero-order valence-corrected chi connectivity index (χ0v) is 16.7. The SMILES string of the molecule is CC(C)C[C@H]1C(=O)N[C@@H](c2ccccc2)N1C(=O)c1cc(-c2ccc(F)cc2)on1. The monoisotopic (exact) mass is 407 g/mol. The van der Waals surface area contributed by atoms with Crippen LogP contribution in [0.2, 0.25) is 0 Å². The molecule has 3 aromatic rings. The maximum atomic E-state index is 13.4. The number of hydrogen-bond donors (Lipinski definition) is 1. The van der Waals surface area contributed by atoms with Gasteiger partial charge in [0.2, 0.25) is 5.91 Å². The smallest absolute Gasteiger partial charge is 0.278 e. The zero-order valence-electron chi connectivity index (χ0n) is 16.7. The summed E-state index contributed by atoms with van der Waals surface area (Å²) in [6.45, 7) is 4.02. The summed E-state index contributed by atoms with van der Waals surface area (Å²) in [7, 11) is 0. The van der Waals surface area contributed by atoms with Gasteiger partial charge in [0.15, 0.2) is 11.5 Å². The van der Waals surface area contributed by atoms with Crippen LogP contribution in [0.15, 0.2) is 65.2 Å². The van der Waals surface area contributed by atoms with Crippen LogP contribution in [-0.4, -0.2) is 27.9 Å². The lowest BCUT2D eigenvalue weighted by Crippen LogP contribution is -2.40. The summed E-state index contributed by atoms with van der Waals surface area (Å²) in [6.07, 6.45) is -0.0512. The first-order valence-electron chi connectivity index (χ1n) is 9.84.